The minimum atomic E-state index is -1.53. The van der Waals surface area contributed by atoms with Crippen LogP contribution in [0.3, 0.4) is 0 Å². The number of carbonyl (C=O) groups excluding carboxylic acids is 1. The predicted molar refractivity (Wildman–Crippen MR) is 33.2 cm³/mol. The number of aliphatic carboxylic acids is 1. The van der Waals surface area contributed by atoms with Crippen molar-refractivity contribution in [2.75, 3.05) is 0 Å². The molecule has 0 radical (unpaired) electrons. The van der Waals surface area contributed by atoms with Gasteiger partial charge in [-0.1, -0.05) is 5.16 Å². The Labute approximate surface area is 61.6 Å². The van der Waals surface area contributed by atoms with E-state index in [4.69, 9.17) is 5.11 Å². The molecule has 0 saturated carbocycles. The number of carbonyl (C=O) groups is 2. The third-order valence-corrected chi connectivity index (χ3v) is 1.05. The van der Waals surface area contributed by atoms with Crippen molar-refractivity contribution in [3.8, 4) is 0 Å². The van der Waals surface area contributed by atoms with Crippen LogP contribution < -0.4 is 0 Å². The Hall–Kier alpha value is -1.65. The summed E-state index contributed by atoms with van der Waals surface area (Å²) in [6.45, 7) is 1.58. The molecular weight excluding hydrogens is 150 g/mol. The average molecular weight is 155 g/mol. The van der Waals surface area contributed by atoms with E-state index < -0.39 is 11.8 Å². The van der Waals surface area contributed by atoms with Gasteiger partial charge < -0.3 is 9.63 Å². The summed E-state index contributed by atoms with van der Waals surface area (Å²) >= 11 is 0. The molecule has 1 heterocycles. The molecule has 0 aliphatic heterocycles. The molecule has 1 aromatic rings. The molecule has 58 valence electrons. The van der Waals surface area contributed by atoms with Gasteiger partial charge in [-0.05, 0) is 6.92 Å². The van der Waals surface area contributed by atoms with Gasteiger partial charge in [-0.2, -0.15) is 0 Å². The lowest BCUT2D eigenvalue weighted by atomic mass is 10.3. The summed E-state index contributed by atoms with van der Waals surface area (Å²) in [4.78, 5) is 20.7. The molecule has 1 aromatic heterocycles. The second-order valence-electron chi connectivity index (χ2n) is 1.96. The van der Waals surface area contributed by atoms with Crippen molar-refractivity contribution in [3.63, 3.8) is 0 Å². The minimum Gasteiger partial charge on any atom is -0.475 e. The summed E-state index contributed by atoms with van der Waals surface area (Å²) in [5, 5.41) is 11.4. The molecule has 1 N–H and O–H groups in total. The van der Waals surface area contributed by atoms with E-state index in [1.54, 1.807) is 6.92 Å². The van der Waals surface area contributed by atoms with E-state index in [2.05, 4.69) is 9.68 Å². The van der Waals surface area contributed by atoms with Crippen LogP contribution in [0.4, 0.5) is 0 Å². The number of ketones is 1. The second kappa shape index (κ2) is 2.53. The fraction of sp³-hybridized carbons (Fsp3) is 0.167. The molecule has 0 spiro atoms. The summed E-state index contributed by atoms with van der Waals surface area (Å²) in [7, 11) is 0. The zero-order valence-electron chi connectivity index (χ0n) is 5.70. The summed E-state index contributed by atoms with van der Waals surface area (Å²) in [5.41, 5.74) is -0.171. The van der Waals surface area contributed by atoms with E-state index in [1.807, 2.05) is 0 Å². The first-order valence-electron chi connectivity index (χ1n) is 2.82. The van der Waals surface area contributed by atoms with E-state index in [0.29, 0.717) is 5.76 Å². The maximum absolute atomic E-state index is 10.6. The van der Waals surface area contributed by atoms with E-state index >= 15 is 0 Å². The van der Waals surface area contributed by atoms with E-state index in [9.17, 15) is 9.59 Å². The molecule has 0 aliphatic carbocycles. The molecule has 1 rings (SSSR count). The van der Waals surface area contributed by atoms with Gasteiger partial charge in [0.15, 0.2) is 5.69 Å². The number of aromatic nitrogens is 1. The first kappa shape index (κ1) is 7.46. The van der Waals surface area contributed by atoms with Gasteiger partial charge in [0.1, 0.15) is 5.76 Å². The zero-order chi connectivity index (χ0) is 8.43. The average Bonchev–Trinajstić information content (AvgIpc) is 2.34. The van der Waals surface area contributed by atoms with Gasteiger partial charge in [0.2, 0.25) is 0 Å². The summed E-state index contributed by atoms with van der Waals surface area (Å²) in [6.07, 6.45) is 0. The highest BCUT2D eigenvalue weighted by atomic mass is 16.5. The summed E-state index contributed by atoms with van der Waals surface area (Å²) in [6, 6.07) is 1.27. The van der Waals surface area contributed by atoms with Crippen molar-refractivity contribution in [3.05, 3.63) is 17.5 Å². The molecule has 0 bridgehead atoms. The van der Waals surface area contributed by atoms with Crippen molar-refractivity contribution in [2.45, 2.75) is 6.92 Å². The van der Waals surface area contributed by atoms with E-state index in [0.717, 1.165) is 0 Å². The third-order valence-electron chi connectivity index (χ3n) is 1.05. The Morgan fingerprint density at radius 1 is 1.64 bits per heavy atom. The summed E-state index contributed by atoms with van der Waals surface area (Å²) in [5.74, 6) is -2.17. The number of rotatable bonds is 2. The lowest BCUT2D eigenvalue weighted by Gasteiger charge is -1.82. The van der Waals surface area contributed by atoms with Gasteiger partial charge in [0.05, 0.1) is 0 Å². The van der Waals surface area contributed by atoms with Crippen LogP contribution in [0.5, 0.6) is 0 Å². The topological polar surface area (TPSA) is 80.4 Å². The van der Waals surface area contributed by atoms with Crippen molar-refractivity contribution < 1.29 is 19.2 Å². The highest BCUT2D eigenvalue weighted by Crippen LogP contribution is 2.01. The maximum Gasteiger partial charge on any atom is 0.379 e. The molecule has 0 unspecified atom stereocenters. The van der Waals surface area contributed by atoms with Crippen LogP contribution in [0.2, 0.25) is 0 Å². The minimum absolute atomic E-state index is 0.171. The van der Waals surface area contributed by atoms with Gasteiger partial charge in [-0.15, -0.1) is 0 Å². The highest BCUT2D eigenvalue weighted by Gasteiger charge is 2.17. The van der Waals surface area contributed by atoms with Gasteiger partial charge in [-0.25, -0.2) is 4.79 Å². The third kappa shape index (κ3) is 1.43. The van der Waals surface area contributed by atoms with Crippen LogP contribution in [0.15, 0.2) is 10.6 Å². The molecule has 0 aliphatic rings. The molecule has 5 heteroatoms. The highest BCUT2D eigenvalue weighted by molar-refractivity contribution is 6.39. The number of aryl methyl sites for hydroxylation is 1. The molecule has 0 amide bonds. The van der Waals surface area contributed by atoms with E-state index in [-0.39, 0.29) is 5.69 Å². The van der Waals surface area contributed by atoms with Gasteiger partial charge in [0, 0.05) is 6.07 Å². The largest absolute Gasteiger partial charge is 0.475 e. The lowest BCUT2D eigenvalue weighted by molar-refractivity contribution is -0.131. The number of hydrogen-bond acceptors (Lipinski definition) is 4. The van der Waals surface area contributed by atoms with Crippen LogP contribution in [-0.2, 0) is 4.79 Å². The smallest absolute Gasteiger partial charge is 0.379 e. The Bertz CT molecular complexity index is 301. The van der Waals surface area contributed by atoms with Crippen LogP contribution in [-0.4, -0.2) is 22.0 Å². The van der Waals surface area contributed by atoms with Crippen molar-refractivity contribution in [1.29, 1.82) is 0 Å². The SMILES string of the molecule is Cc1cc(C(=O)C(=O)O)no1. The second-order valence-corrected chi connectivity index (χ2v) is 1.96. The Kier molecular flexibility index (Phi) is 1.72. The standard InChI is InChI=1S/C6H5NO4/c1-3-2-4(7-11-3)5(8)6(9)10/h2H,1H3,(H,9,10). The van der Waals surface area contributed by atoms with Gasteiger partial charge >= 0.3 is 5.97 Å². The molecule has 5 nitrogen and oxygen atoms in total. The van der Waals surface area contributed by atoms with Crippen LogP contribution in [0, 0.1) is 6.92 Å². The van der Waals surface area contributed by atoms with Crippen LogP contribution in [0.25, 0.3) is 0 Å². The van der Waals surface area contributed by atoms with Gasteiger partial charge in [-0.3, -0.25) is 4.79 Å². The number of hydrogen-bond donors (Lipinski definition) is 1. The number of carboxylic acid groups (broad SMARTS) is 1. The zero-order valence-corrected chi connectivity index (χ0v) is 5.70. The van der Waals surface area contributed by atoms with Crippen molar-refractivity contribution in [2.24, 2.45) is 0 Å². The lowest BCUT2D eigenvalue weighted by Crippen LogP contribution is -2.12. The predicted octanol–water partition coefficient (Wildman–Crippen LogP) is 0.250. The molecular formula is C6H5NO4. The Morgan fingerprint density at radius 3 is 2.64 bits per heavy atom. The monoisotopic (exact) mass is 155 g/mol. The molecule has 0 fully saturated rings. The Balaban J connectivity index is 2.94. The van der Waals surface area contributed by atoms with Crippen molar-refractivity contribution in [1.82, 2.24) is 5.16 Å². The molecule has 0 atom stereocenters. The first-order valence-corrected chi connectivity index (χ1v) is 2.82. The first-order chi connectivity index (χ1) is 5.11. The molecule has 0 saturated heterocycles. The van der Waals surface area contributed by atoms with Crippen LogP contribution in [0.1, 0.15) is 16.2 Å². The normalized spacial score (nSPS) is 9.55. The summed E-state index contributed by atoms with van der Waals surface area (Å²) < 4.78 is 4.50. The van der Waals surface area contributed by atoms with Crippen molar-refractivity contribution >= 4 is 11.8 Å². The molecule has 0 aromatic carbocycles. The van der Waals surface area contributed by atoms with E-state index in [1.165, 1.54) is 6.07 Å². The fourth-order valence-corrected chi connectivity index (χ4v) is 0.583. The van der Waals surface area contributed by atoms with Gasteiger partial charge in [0.25, 0.3) is 5.78 Å². The van der Waals surface area contributed by atoms with Crippen LogP contribution >= 0.6 is 0 Å². The Morgan fingerprint density at radius 2 is 2.27 bits per heavy atom. The fourth-order valence-electron chi connectivity index (χ4n) is 0.583. The number of carboxylic acids is 1. The number of Topliss-reactive ketones (excluding diaryl/α,β-unsaturated/α-hetero) is 1. The molecule has 11 heavy (non-hydrogen) atoms. The quantitative estimate of drug-likeness (QED) is 0.489. The maximum atomic E-state index is 10.6. The number of nitrogens with zero attached hydrogens (tertiary/aromatic N) is 1.